The third-order valence-electron chi connectivity index (χ3n) is 4.92. The number of rotatable bonds is 2. The molecule has 4 nitrogen and oxygen atoms in total. The lowest BCUT2D eigenvalue weighted by Crippen LogP contribution is -2.49. The smallest absolute Gasteiger partial charge is 0.256 e. The fourth-order valence-corrected chi connectivity index (χ4v) is 3.80. The third kappa shape index (κ3) is 3.29. The second-order valence-corrected chi connectivity index (χ2v) is 6.87. The van der Waals surface area contributed by atoms with Gasteiger partial charge in [-0.05, 0) is 48.8 Å². The van der Waals surface area contributed by atoms with Gasteiger partial charge in [0.15, 0.2) is 6.10 Å². The molecule has 2 aliphatic heterocycles. The summed E-state index contributed by atoms with van der Waals surface area (Å²) in [5, 5.41) is 10.9. The maximum absolute atomic E-state index is 12.6. The molecule has 2 saturated heterocycles. The minimum absolute atomic E-state index is 0.181. The van der Waals surface area contributed by atoms with E-state index in [1.165, 1.54) is 0 Å². The molecule has 2 fully saturated rings. The molecular weight excluding hydrogens is 302 g/mol. The Hall–Kier alpha value is -1.10. The summed E-state index contributed by atoms with van der Waals surface area (Å²) in [7, 11) is 0. The molecule has 0 saturated carbocycles. The first-order chi connectivity index (χ1) is 10.6. The monoisotopic (exact) mass is 323 g/mol. The van der Waals surface area contributed by atoms with Crippen LogP contribution in [0.25, 0.3) is 0 Å². The first-order valence-electron chi connectivity index (χ1n) is 7.90. The number of hydrogen-bond donors (Lipinski definition) is 1. The van der Waals surface area contributed by atoms with Gasteiger partial charge in [-0.3, -0.25) is 4.79 Å². The van der Waals surface area contributed by atoms with Gasteiger partial charge in [-0.25, -0.2) is 0 Å². The minimum atomic E-state index is -1.13. The van der Waals surface area contributed by atoms with Crippen molar-refractivity contribution in [3.8, 4) is 0 Å². The van der Waals surface area contributed by atoms with Crippen LogP contribution in [0.3, 0.4) is 0 Å². The zero-order valence-corrected chi connectivity index (χ0v) is 13.4. The molecule has 0 radical (unpaired) electrons. The highest BCUT2D eigenvalue weighted by Gasteiger charge is 2.39. The van der Waals surface area contributed by atoms with E-state index in [2.05, 4.69) is 0 Å². The van der Waals surface area contributed by atoms with E-state index in [9.17, 15) is 9.90 Å². The van der Waals surface area contributed by atoms with Crippen LogP contribution in [-0.2, 0) is 9.53 Å². The fourth-order valence-electron chi connectivity index (χ4n) is 3.60. The normalized spacial score (nSPS) is 22.5. The third-order valence-corrected chi connectivity index (χ3v) is 5.16. The number of piperidine rings is 1. The largest absolute Gasteiger partial charge is 0.381 e. The van der Waals surface area contributed by atoms with Gasteiger partial charge in [0.2, 0.25) is 0 Å². The molecule has 0 aliphatic carbocycles. The zero-order valence-electron chi connectivity index (χ0n) is 12.6. The number of likely N-dealkylation sites (tertiary alicyclic amines) is 1. The maximum atomic E-state index is 12.6. The Kier molecular flexibility index (Phi) is 4.71. The first kappa shape index (κ1) is 15.8. The highest BCUT2D eigenvalue weighted by molar-refractivity contribution is 6.30. The number of benzene rings is 1. The van der Waals surface area contributed by atoms with Gasteiger partial charge < -0.3 is 14.7 Å². The molecule has 1 aromatic rings. The Labute approximate surface area is 136 Å². The van der Waals surface area contributed by atoms with E-state index < -0.39 is 6.10 Å². The van der Waals surface area contributed by atoms with Gasteiger partial charge in [-0.1, -0.05) is 23.7 Å². The molecule has 1 N–H and O–H groups in total. The predicted molar refractivity (Wildman–Crippen MR) is 84.7 cm³/mol. The van der Waals surface area contributed by atoms with Gasteiger partial charge in [0.1, 0.15) is 0 Å². The molecule has 22 heavy (non-hydrogen) atoms. The van der Waals surface area contributed by atoms with Crippen LogP contribution in [0.4, 0.5) is 0 Å². The van der Waals surface area contributed by atoms with Crippen molar-refractivity contribution in [3.05, 3.63) is 34.9 Å². The summed E-state index contributed by atoms with van der Waals surface area (Å²) in [6, 6.07) is 6.88. The number of aliphatic hydroxyl groups excluding tert-OH is 1. The van der Waals surface area contributed by atoms with E-state index in [4.69, 9.17) is 16.3 Å². The van der Waals surface area contributed by atoms with Crippen LogP contribution < -0.4 is 0 Å². The van der Waals surface area contributed by atoms with Crippen molar-refractivity contribution in [2.45, 2.75) is 31.8 Å². The first-order valence-corrected chi connectivity index (χ1v) is 8.28. The summed E-state index contributed by atoms with van der Waals surface area (Å²) in [5.74, 6) is -0.215. The molecule has 3 rings (SSSR count). The molecule has 0 bridgehead atoms. The van der Waals surface area contributed by atoms with Crippen LogP contribution in [0.2, 0.25) is 5.02 Å². The lowest BCUT2D eigenvalue weighted by molar-refractivity contribution is -0.146. The van der Waals surface area contributed by atoms with Crippen LogP contribution in [0, 0.1) is 5.41 Å². The van der Waals surface area contributed by atoms with Crippen LogP contribution in [0.15, 0.2) is 24.3 Å². The summed E-state index contributed by atoms with van der Waals surface area (Å²) in [4.78, 5) is 14.5. The standard InChI is InChI=1S/C17H22ClNO3/c18-14-4-1-3-13(11-14)15(20)16(21)19-8-2-5-17(12-19)6-9-22-10-7-17/h1,3-4,11,15,20H,2,5-10,12H2. The SMILES string of the molecule is O=C(C(O)c1cccc(Cl)c1)N1CCCC2(CCOCC2)C1. The average Bonchev–Trinajstić information content (AvgIpc) is 2.54. The fraction of sp³-hybridized carbons (Fsp3) is 0.588. The summed E-state index contributed by atoms with van der Waals surface area (Å²) in [6.45, 7) is 3.00. The zero-order chi connectivity index (χ0) is 15.6. The van der Waals surface area contributed by atoms with Crippen LogP contribution in [-0.4, -0.2) is 42.2 Å². The van der Waals surface area contributed by atoms with Crippen molar-refractivity contribution in [2.24, 2.45) is 5.41 Å². The second kappa shape index (κ2) is 6.57. The van der Waals surface area contributed by atoms with E-state index in [0.29, 0.717) is 10.6 Å². The Morgan fingerprint density at radius 3 is 2.82 bits per heavy atom. The molecule has 0 aromatic heterocycles. The molecule has 120 valence electrons. The lowest BCUT2D eigenvalue weighted by atomic mass is 9.74. The Bertz CT molecular complexity index is 537. The number of ether oxygens (including phenoxy) is 1. The van der Waals surface area contributed by atoms with E-state index in [1.807, 2.05) is 4.90 Å². The van der Waals surface area contributed by atoms with Gasteiger partial charge in [0, 0.05) is 31.3 Å². The molecule has 1 spiro atoms. The Morgan fingerprint density at radius 2 is 2.09 bits per heavy atom. The topological polar surface area (TPSA) is 49.8 Å². The van der Waals surface area contributed by atoms with Gasteiger partial charge >= 0.3 is 0 Å². The minimum Gasteiger partial charge on any atom is -0.381 e. The number of carbonyl (C=O) groups excluding carboxylic acids is 1. The average molecular weight is 324 g/mol. The van der Waals surface area contributed by atoms with Gasteiger partial charge in [-0.2, -0.15) is 0 Å². The van der Waals surface area contributed by atoms with Crippen molar-refractivity contribution in [1.29, 1.82) is 0 Å². The molecule has 2 aliphatic rings. The highest BCUT2D eigenvalue weighted by atomic mass is 35.5. The Morgan fingerprint density at radius 1 is 1.32 bits per heavy atom. The van der Waals surface area contributed by atoms with Crippen molar-refractivity contribution in [3.63, 3.8) is 0 Å². The molecule has 1 amide bonds. The Balaban J connectivity index is 1.71. The predicted octanol–water partition coefficient (Wildman–Crippen LogP) is 2.79. The molecule has 1 atom stereocenters. The van der Waals surface area contributed by atoms with Gasteiger partial charge in [0.05, 0.1) is 0 Å². The van der Waals surface area contributed by atoms with Crippen LogP contribution in [0.1, 0.15) is 37.4 Å². The lowest BCUT2D eigenvalue weighted by Gasteiger charge is -2.45. The number of halogens is 1. The maximum Gasteiger partial charge on any atom is 0.256 e. The molecule has 5 heteroatoms. The number of carbonyl (C=O) groups is 1. The number of aliphatic hydroxyl groups is 1. The van der Waals surface area contributed by atoms with Crippen molar-refractivity contribution in [1.82, 2.24) is 4.90 Å². The van der Waals surface area contributed by atoms with E-state index in [1.54, 1.807) is 24.3 Å². The summed E-state index contributed by atoms with van der Waals surface area (Å²) in [6.07, 6.45) is 3.02. The second-order valence-electron chi connectivity index (χ2n) is 6.43. The molecule has 1 aromatic carbocycles. The van der Waals surface area contributed by atoms with E-state index in [0.717, 1.165) is 52.0 Å². The van der Waals surface area contributed by atoms with Crippen molar-refractivity contribution >= 4 is 17.5 Å². The number of nitrogens with zero attached hydrogens (tertiary/aromatic N) is 1. The van der Waals surface area contributed by atoms with E-state index in [-0.39, 0.29) is 11.3 Å². The molecule has 1 unspecified atom stereocenters. The van der Waals surface area contributed by atoms with Crippen molar-refractivity contribution in [2.75, 3.05) is 26.3 Å². The molecular formula is C17H22ClNO3. The number of amides is 1. The quantitative estimate of drug-likeness (QED) is 0.910. The summed E-state index contributed by atoms with van der Waals surface area (Å²) >= 11 is 5.95. The summed E-state index contributed by atoms with van der Waals surface area (Å²) < 4.78 is 5.46. The van der Waals surface area contributed by atoms with Gasteiger partial charge in [0.25, 0.3) is 5.91 Å². The van der Waals surface area contributed by atoms with Crippen LogP contribution in [0.5, 0.6) is 0 Å². The van der Waals surface area contributed by atoms with E-state index >= 15 is 0 Å². The molecule has 2 heterocycles. The van der Waals surface area contributed by atoms with Gasteiger partial charge in [-0.15, -0.1) is 0 Å². The number of hydrogen-bond acceptors (Lipinski definition) is 3. The highest BCUT2D eigenvalue weighted by Crippen LogP contribution is 2.39. The summed E-state index contributed by atoms with van der Waals surface area (Å²) in [5.41, 5.74) is 0.740. The van der Waals surface area contributed by atoms with Crippen LogP contribution >= 0.6 is 11.6 Å². The van der Waals surface area contributed by atoms with Crippen molar-refractivity contribution < 1.29 is 14.6 Å².